The van der Waals surface area contributed by atoms with Crippen molar-refractivity contribution in [3.63, 3.8) is 0 Å². The number of ether oxygens (including phenoxy) is 1. The smallest absolute Gasteiger partial charge is 0.214 e. The largest absolute Gasteiger partial charge is 0.497 e. The third-order valence-electron chi connectivity index (χ3n) is 3.88. The summed E-state index contributed by atoms with van der Waals surface area (Å²) in [5, 5.41) is 2.42. The van der Waals surface area contributed by atoms with E-state index in [1.165, 1.54) is 10.8 Å². The minimum absolute atomic E-state index is 0.848. The molecule has 104 valence electrons. The highest BCUT2D eigenvalue weighted by molar-refractivity contribution is 6.09. The first-order valence-electron chi connectivity index (χ1n) is 6.84. The average Bonchev–Trinajstić information content (AvgIpc) is 3.07. The predicted octanol–water partition coefficient (Wildman–Crippen LogP) is 3.53. The van der Waals surface area contributed by atoms with Gasteiger partial charge in [-0.3, -0.25) is 4.57 Å². The Balaban J connectivity index is 2.21. The molecule has 0 saturated heterocycles. The summed E-state index contributed by atoms with van der Waals surface area (Å²) in [5.74, 6) is 1.75. The van der Waals surface area contributed by atoms with E-state index in [0.717, 1.165) is 22.7 Å². The Kier molecular flexibility index (Phi) is 2.51. The van der Waals surface area contributed by atoms with E-state index >= 15 is 0 Å². The van der Waals surface area contributed by atoms with Crippen molar-refractivity contribution in [2.45, 2.75) is 0 Å². The average molecular weight is 277 g/mol. The number of rotatable bonds is 2. The number of hydrogen-bond donors (Lipinski definition) is 0. The van der Waals surface area contributed by atoms with E-state index in [4.69, 9.17) is 4.74 Å². The number of aromatic nitrogens is 3. The standard InChI is InChI=1S/C17H15N3O/c1-19-10-9-18-17(19)20-15-6-4-3-5-13(15)14-8-7-12(21-2)11-16(14)20/h3-11H,1-2H3. The van der Waals surface area contributed by atoms with Crippen molar-refractivity contribution in [1.82, 2.24) is 14.1 Å². The molecular weight excluding hydrogens is 262 g/mol. The van der Waals surface area contributed by atoms with Gasteiger partial charge in [0.25, 0.3) is 0 Å². The van der Waals surface area contributed by atoms with Crippen molar-refractivity contribution in [2.75, 3.05) is 7.11 Å². The summed E-state index contributed by atoms with van der Waals surface area (Å²) in [6.07, 6.45) is 3.77. The lowest BCUT2D eigenvalue weighted by molar-refractivity contribution is 0.415. The highest BCUT2D eigenvalue weighted by Crippen LogP contribution is 2.33. The van der Waals surface area contributed by atoms with Gasteiger partial charge in [-0.25, -0.2) is 4.98 Å². The topological polar surface area (TPSA) is 32.0 Å². The van der Waals surface area contributed by atoms with E-state index in [1.54, 1.807) is 7.11 Å². The molecule has 0 bridgehead atoms. The molecule has 0 aliphatic carbocycles. The van der Waals surface area contributed by atoms with Crippen LogP contribution in [0.25, 0.3) is 27.8 Å². The van der Waals surface area contributed by atoms with E-state index in [1.807, 2.05) is 30.1 Å². The number of methoxy groups -OCH3 is 1. The minimum atomic E-state index is 0.848. The maximum Gasteiger partial charge on any atom is 0.214 e. The fourth-order valence-corrected chi connectivity index (χ4v) is 2.87. The number of imidazole rings is 1. The molecule has 0 amide bonds. The van der Waals surface area contributed by atoms with E-state index in [0.29, 0.717) is 0 Å². The number of para-hydroxylation sites is 1. The monoisotopic (exact) mass is 277 g/mol. The van der Waals surface area contributed by atoms with Crippen LogP contribution < -0.4 is 4.74 Å². The molecule has 0 aliphatic rings. The van der Waals surface area contributed by atoms with Gasteiger partial charge < -0.3 is 9.30 Å². The van der Waals surface area contributed by atoms with Gasteiger partial charge >= 0.3 is 0 Å². The van der Waals surface area contributed by atoms with E-state index in [9.17, 15) is 0 Å². The summed E-state index contributed by atoms with van der Waals surface area (Å²) < 4.78 is 9.57. The van der Waals surface area contributed by atoms with Crippen molar-refractivity contribution < 1.29 is 4.74 Å². The van der Waals surface area contributed by atoms with Gasteiger partial charge in [0, 0.05) is 36.3 Å². The fourth-order valence-electron chi connectivity index (χ4n) is 2.87. The van der Waals surface area contributed by atoms with Gasteiger partial charge in [-0.05, 0) is 18.2 Å². The Morgan fingerprint density at radius 1 is 1.00 bits per heavy atom. The van der Waals surface area contributed by atoms with E-state index < -0.39 is 0 Å². The van der Waals surface area contributed by atoms with E-state index in [2.05, 4.69) is 45.9 Å². The molecule has 0 aliphatic heterocycles. The third kappa shape index (κ3) is 1.65. The Bertz CT molecular complexity index is 949. The molecule has 4 aromatic rings. The molecule has 2 heterocycles. The Morgan fingerprint density at radius 2 is 1.81 bits per heavy atom. The molecule has 4 rings (SSSR count). The molecule has 4 nitrogen and oxygen atoms in total. The molecule has 0 atom stereocenters. The zero-order valence-corrected chi connectivity index (χ0v) is 11.9. The van der Waals surface area contributed by atoms with Crippen LogP contribution in [0.1, 0.15) is 0 Å². The highest BCUT2D eigenvalue weighted by atomic mass is 16.5. The number of benzene rings is 2. The summed E-state index contributed by atoms with van der Waals surface area (Å²) >= 11 is 0. The molecule has 0 N–H and O–H groups in total. The fraction of sp³-hybridized carbons (Fsp3) is 0.118. The summed E-state index contributed by atoms with van der Waals surface area (Å²) in [6, 6.07) is 14.5. The second-order valence-corrected chi connectivity index (χ2v) is 5.07. The molecule has 4 heteroatoms. The van der Waals surface area contributed by atoms with Crippen molar-refractivity contribution in [3.05, 3.63) is 54.9 Å². The molecule has 0 spiro atoms. The quantitative estimate of drug-likeness (QED) is 0.561. The number of aryl methyl sites for hydroxylation is 1. The predicted molar refractivity (Wildman–Crippen MR) is 84.1 cm³/mol. The van der Waals surface area contributed by atoms with E-state index in [-0.39, 0.29) is 0 Å². The zero-order chi connectivity index (χ0) is 14.4. The number of nitrogens with zero attached hydrogens (tertiary/aromatic N) is 3. The lowest BCUT2D eigenvalue weighted by Crippen LogP contribution is -2.02. The normalized spacial score (nSPS) is 11.3. The zero-order valence-electron chi connectivity index (χ0n) is 11.9. The van der Waals surface area contributed by atoms with Crippen LogP contribution in [0.3, 0.4) is 0 Å². The minimum Gasteiger partial charge on any atom is -0.497 e. The van der Waals surface area contributed by atoms with Crippen molar-refractivity contribution in [1.29, 1.82) is 0 Å². The first-order chi connectivity index (χ1) is 10.3. The molecule has 0 fully saturated rings. The second-order valence-electron chi connectivity index (χ2n) is 5.07. The maximum atomic E-state index is 5.38. The summed E-state index contributed by atoms with van der Waals surface area (Å²) in [5.41, 5.74) is 2.25. The maximum absolute atomic E-state index is 5.38. The van der Waals surface area contributed by atoms with Crippen LogP contribution in [0.4, 0.5) is 0 Å². The van der Waals surface area contributed by atoms with Crippen LogP contribution in [-0.4, -0.2) is 21.2 Å². The van der Waals surface area contributed by atoms with Crippen molar-refractivity contribution in [2.24, 2.45) is 7.05 Å². The van der Waals surface area contributed by atoms with Crippen LogP contribution in [0, 0.1) is 0 Å². The lowest BCUT2D eigenvalue weighted by atomic mass is 10.1. The Labute approximate surface area is 122 Å². The lowest BCUT2D eigenvalue weighted by Gasteiger charge is -2.07. The van der Waals surface area contributed by atoms with Gasteiger partial charge in [-0.15, -0.1) is 0 Å². The third-order valence-corrected chi connectivity index (χ3v) is 3.88. The molecule has 0 unspecified atom stereocenters. The Morgan fingerprint density at radius 3 is 2.57 bits per heavy atom. The van der Waals surface area contributed by atoms with Crippen LogP contribution in [-0.2, 0) is 7.05 Å². The summed E-state index contributed by atoms with van der Waals surface area (Å²) in [6.45, 7) is 0. The van der Waals surface area contributed by atoms with Crippen molar-refractivity contribution >= 4 is 21.8 Å². The van der Waals surface area contributed by atoms with Gasteiger partial charge in [0.2, 0.25) is 5.95 Å². The first kappa shape index (κ1) is 12.0. The van der Waals surface area contributed by atoms with Gasteiger partial charge in [-0.1, -0.05) is 18.2 Å². The molecule has 2 aromatic carbocycles. The summed E-state index contributed by atoms with van der Waals surface area (Å²) in [7, 11) is 3.69. The molecule has 21 heavy (non-hydrogen) atoms. The van der Waals surface area contributed by atoms with Crippen LogP contribution in [0.2, 0.25) is 0 Å². The molecular formula is C17H15N3O. The first-order valence-corrected chi connectivity index (χ1v) is 6.84. The highest BCUT2D eigenvalue weighted by Gasteiger charge is 2.14. The molecule has 0 radical (unpaired) electrons. The summed E-state index contributed by atoms with van der Waals surface area (Å²) in [4.78, 5) is 4.50. The van der Waals surface area contributed by atoms with Crippen molar-refractivity contribution in [3.8, 4) is 11.7 Å². The SMILES string of the molecule is COc1ccc2c3ccccc3n(-c3nccn3C)c2c1. The molecule has 0 saturated carbocycles. The molecule has 2 aromatic heterocycles. The van der Waals surface area contributed by atoms with Crippen LogP contribution in [0.5, 0.6) is 5.75 Å². The van der Waals surface area contributed by atoms with Gasteiger partial charge in [0.15, 0.2) is 0 Å². The van der Waals surface area contributed by atoms with Crippen LogP contribution in [0.15, 0.2) is 54.9 Å². The Hall–Kier alpha value is -2.75. The van der Waals surface area contributed by atoms with Gasteiger partial charge in [-0.2, -0.15) is 0 Å². The van der Waals surface area contributed by atoms with Gasteiger partial charge in [0.1, 0.15) is 5.75 Å². The van der Waals surface area contributed by atoms with Crippen LogP contribution >= 0.6 is 0 Å². The second kappa shape index (κ2) is 4.38. The number of hydrogen-bond acceptors (Lipinski definition) is 2. The number of fused-ring (bicyclic) bond motifs is 3. The van der Waals surface area contributed by atoms with Gasteiger partial charge in [0.05, 0.1) is 18.1 Å².